The molecule has 0 spiro atoms. The van der Waals surface area contributed by atoms with Crippen LogP contribution in [0.1, 0.15) is 92.1 Å². The van der Waals surface area contributed by atoms with E-state index in [0.717, 1.165) is 36.8 Å². The quantitative estimate of drug-likeness (QED) is 0.561. The lowest BCUT2D eigenvalue weighted by Crippen LogP contribution is -2.42. The molecule has 2 aliphatic heterocycles. The van der Waals surface area contributed by atoms with Crippen molar-refractivity contribution in [2.75, 3.05) is 7.05 Å². The van der Waals surface area contributed by atoms with Gasteiger partial charge in [-0.15, -0.1) is 0 Å². The van der Waals surface area contributed by atoms with Gasteiger partial charge in [-0.05, 0) is 73.9 Å². The van der Waals surface area contributed by atoms with Gasteiger partial charge in [0.15, 0.2) is 0 Å². The minimum atomic E-state index is -4.81. The molecule has 188 valence electrons. The van der Waals surface area contributed by atoms with Gasteiger partial charge in [0.1, 0.15) is 5.41 Å². The van der Waals surface area contributed by atoms with E-state index in [0.29, 0.717) is 18.8 Å². The maximum absolute atomic E-state index is 14.7. The van der Waals surface area contributed by atoms with Crippen LogP contribution in [0.4, 0.5) is 13.2 Å². The molecule has 36 heavy (non-hydrogen) atoms. The highest BCUT2D eigenvalue weighted by atomic mass is 19.4. The number of carbonyl (C=O) groups excluding carboxylic acids is 4. The average molecular weight is 499 g/mol. The van der Waals surface area contributed by atoms with E-state index in [9.17, 15) is 32.3 Å². The zero-order valence-corrected chi connectivity index (χ0v) is 20.1. The van der Waals surface area contributed by atoms with Gasteiger partial charge in [0.25, 0.3) is 23.6 Å². The van der Waals surface area contributed by atoms with Crippen LogP contribution in [0, 0.1) is 5.92 Å². The van der Waals surface area contributed by atoms with Crippen molar-refractivity contribution in [2.45, 2.75) is 57.2 Å². The van der Waals surface area contributed by atoms with Gasteiger partial charge in [-0.1, -0.05) is 19.1 Å². The van der Waals surface area contributed by atoms with Crippen molar-refractivity contribution >= 4 is 23.6 Å². The summed E-state index contributed by atoms with van der Waals surface area (Å²) in [6.07, 6.45) is -1.70. The van der Waals surface area contributed by atoms with Crippen LogP contribution in [0.25, 0.3) is 0 Å². The summed E-state index contributed by atoms with van der Waals surface area (Å²) in [5.74, 6) is -1.79. The summed E-state index contributed by atoms with van der Waals surface area (Å²) < 4.78 is 44.0. The summed E-state index contributed by atoms with van der Waals surface area (Å²) in [4.78, 5) is 53.0. The Kier molecular flexibility index (Phi) is 5.39. The Hall–Kier alpha value is -3.49. The lowest BCUT2D eigenvalue weighted by Gasteiger charge is -2.33. The highest BCUT2D eigenvalue weighted by Gasteiger charge is 2.55. The van der Waals surface area contributed by atoms with Gasteiger partial charge in [-0.2, -0.15) is 13.2 Å². The molecule has 1 unspecified atom stereocenters. The highest BCUT2D eigenvalue weighted by molar-refractivity contribution is 6.22. The second kappa shape index (κ2) is 8.01. The summed E-state index contributed by atoms with van der Waals surface area (Å²) >= 11 is 0. The number of fused-ring (bicyclic) bond motifs is 2. The first-order valence-electron chi connectivity index (χ1n) is 11.9. The van der Waals surface area contributed by atoms with Crippen LogP contribution in [0.15, 0.2) is 36.4 Å². The Balaban J connectivity index is 1.58. The summed E-state index contributed by atoms with van der Waals surface area (Å²) in [5.41, 5.74) is -3.05. The topological polar surface area (TPSA) is 74.8 Å². The van der Waals surface area contributed by atoms with Gasteiger partial charge < -0.3 is 0 Å². The number of halogens is 3. The predicted octanol–water partition coefficient (Wildman–Crippen LogP) is 4.96. The number of benzene rings is 2. The number of imide groups is 2. The molecule has 0 aromatic heterocycles. The summed E-state index contributed by atoms with van der Waals surface area (Å²) in [7, 11) is 1.27. The fraction of sp³-hybridized carbons (Fsp3) is 0.407. The van der Waals surface area contributed by atoms with Crippen LogP contribution in [0.5, 0.6) is 0 Å². The molecule has 0 saturated heterocycles. The van der Waals surface area contributed by atoms with E-state index in [2.05, 4.69) is 6.92 Å². The third-order valence-corrected chi connectivity index (χ3v) is 8.08. The Morgan fingerprint density at radius 3 is 1.69 bits per heavy atom. The van der Waals surface area contributed by atoms with Crippen molar-refractivity contribution in [3.8, 4) is 0 Å². The van der Waals surface area contributed by atoms with E-state index in [1.54, 1.807) is 0 Å². The highest BCUT2D eigenvalue weighted by Crippen LogP contribution is 2.48. The molecule has 5 rings (SSSR count). The van der Waals surface area contributed by atoms with Crippen LogP contribution in [-0.2, 0) is 5.41 Å². The number of nitrogens with zero attached hydrogens (tertiary/aromatic N) is 2. The number of amides is 4. The van der Waals surface area contributed by atoms with Gasteiger partial charge in [0.2, 0.25) is 0 Å². The van der Waals surface area contributed by atoms with Crippen molar-refractivity contribution < 1.29 is 32.3 Å². The molecule has 1 atom stereocenters. The first-order chi connectivity index (χ1) is 16.9. The number of hydrogen-bond acceptors (Lipinski definition) is 4. The molecule has 2 heterocycles. The molecule has 1 saturated carbocycles. The van der Waals surface area contributed by atoms with E-state index < -0.39 is 35.2 Å². The normalized spacial score (nSPS) is 23.7. The van der Waals surface area contributed by atoms with Crippen molar-refractivity contribution in [3.63, 3.8) is 0 Å². The number of carbonyl (C=O) groups is 4. The van der Waals surface area contributed by atoms with E-state index in [-0.39, 0.29) is 39.4 Å². The zero-order valence-electron chi connectivity index (χ0n) is 20.1. The van der Waals surface area contributed by atoms with Gasteiger partial charge >= 0.3 is 6.18 Å². The summed E-state index contributed by atoms with van der Waals surface area (Å²) in [6.45, 7) is 3.09. The molecule has 6 nitrogen and oxygen atoms in total. The molecule has 2 aromatic carbocycles. The molecule has 0 bridgehead atoms. The van der Waals surface area contributed by atoms with Gasteiger partial charge in [0.05, 0.1) is 22.3 Å². The molecule has 2 aromatic rings. The fourth-order valence-corrected chi connectivity index (χ4v) is 5.57. The van der Waals surface area contributed by atoms with Crippen molar-refractivity contribution in [1.82, 2.24) is 9.80 Å². The molecular weight excluding hydrogens is 473 g/mol. The number of hydrogen-bond donors (Lipinski definition) is 0. The van der Waals surface area contributed by atoms with Crippen LogP contribution in [-0.4, -0.2) is 52.7 Å². The smallest absolute Gasteiger partial charge is 0.277 e. The SMILES string of the molecule is CN1C(=O)c2ccc(C(C)(c3ccc4c(c3)C(=O)N([C@H]3CC[C@H](C)CC3)C4=O)C(F)(F)F)cc2C1=O. The molecule has 1 fully saturated rings. The first-order valence-corrected chi connectivity index (χ1v) is 11.9. The average Bonchev–Trinajstić information content (AvgIpc) is 3.22. The standard InChI is InChI=1S/C27H25F3N2O4/c1-14-4-8-17(9-5-14)32-24(35)19-11-7-16(13-21(19)25(32)36)26(2,27(28,29)30)15-6-10-18-20(12-15)23(34)31(3)22(18)33/h6-7,10-14,17H,4-5,8-9H2,1-3H3/t14-,17-,26?. The Morgan fingerprint density at radius 1 is 0.722 bits per heavy atom. The third-order valence-electron chi connectivity index (χ3n) is 8.08. The molecule has 1 aliphatic carbocycles. The minimum Gasteiger partial charge on any atom is -0.277 e. The van der Waals surface area contributed by atoms with E-state index >= 15 is 0 Å². The lowest BCUT2D eigenvalue weighted by atomic mass is 9.74. The van der Waals surface area contributed by atoms with Gasteiger partial charge in [-0.3, -0.25) is 29.0 Å². The molecule has 4 amide bonds. The molecule has 0 N–H and O–H groups in total. The van der Waals surface area contributed by atoms with E-state index in [1.807, 2.05) is 0 Å². The van der Waals surface area contributed by atoms with Crippen molar-refractivity contribution in [1.29, 1.82) is 0 Å². The molecule has 3 aliphatic rings. The Morgan fingerprint density at radius 2 is 1.17 bits per heavy atom. The van der Waals surface area contributed by atoms with Crippen LogP contribution < -0.4 is 0 Å². The van der Waals surface area contributed by atoms with Crippen molar-refractivity contribution in [3.05, 3.63) is 69.8 Å². The van der Waals surface area contributed by atoms with Crippen LogP contribution in [0.3, 0.4) is 0 Å². The Bertz CT molecular complexity index is 1330. The molecule has 0 radical (unpaired) electrons. The van der Waals surface area contributed by atoms with Crippen molar-refractivity contribution in [2.24, 2.45) is 5.92 Å². The predicted molar refractivity (Wildman–Crippen MR) is 124 cm³/mol. The maximum Gasteiger partial charge on any atom is 0.402 e. The molecular formula is C27H25F3N2O4. The van der Waals surface area contributed by atoms with Gasteiger partial charge in [0, 0.05) is 13.1 Å². The second-order valence-electron chi connectivity index (χ2n) is 10.2. The first kappa shape index (κ1) is 24.2. The third kappa shape index (κ3) is 3.32. The lowest BCUT2D eigenvalue weighted by molar-refractivity contribution is -0.173. The second-order valence-corrected chi connectivity index (χ2v) is 10.2. The maximum atomic E-state index is 14.7. The Labute approximate surface area is 206 Å². The largest absolute Gasteiger partial charge is 0.402 e. The summed E-state index contributed by atoms with van der Waals surface area (Å²) in [5, 5.41) is 0. The molecule has 9 heteroatoms. The number of rotatable bonds is 3. The van der Waals surface area contributed by atoms with Gasteiger partial charge in [-0.25, -0.2) is 0 Å². The van der Waals surface area contributed by atoms with E-state index in [1.165, 1.54) is 36.2 Å². The van der Waals surface area contributed by atoms with Crippen LogP contribution in [0.2, 0.25) is 0 Å². The summed E-state index contributed by atoms with van der Waals surface area (Å²) in [6, 6.07) is 6.91. The van der Waals surface area contributed by atoms with E-state index in [4.69, 9.17) is 0 Å². The fourth-order valence-electron chi connectivity index (χ4n) is 5.57. The van der Waals surface area contributed by atoms with Crippen LogP contribution >= 0.6 is 0 Å². The zero-order chi connectivity index (χ0) is 26.2. The minimum absolute atomic E-state index is 0.0428. The monoisotopic (exact) mass is 498 g/mol. The number of alkyl halides is 3.